The minimum absolute atomic E-state index is 0.146. The van der Waals surface area contributed by atoms with Gasteiger partial charge in [-0.25, -0.2) is 8.93 Å². The zero-order valence-electron chi connectivity index (χ0n) is 12.5. The van der Waals surface area contributed by atoms with Crippen LogP contribution in [0.1, 0.15) is 45.3 Å². The van der Waals surface area contributed by atoms with Crippen LogP contribution in [0, 0.1) is 5.41 Å². The molecule has 20 heavy (non-hydrogen) atoms. The van der Waals surface area contributed by atoms with Gasteiger partial charge in [0, 0.05) is 18.2 Å². The number of rotatable bonds is 2. The predicted molar refractivity (Wildman–Crippen MR) is 80.5 cm³/mol. The van der Waals surface area contributed by atoms with E-state index >= 15 is 0 Å². The zero-order valence-corrected chi connectivity index (χ0v) is 13.3. The van der Waals surface area contributed by atoms with Crippen LogP contribution in [0.3, 0.4) is 0 Å². The lowest BCUT2D eigenvalue weighted by Gasteiger charge is -2.39. The maximum atomic E-state index is 12.5. The van der Waals surface area contributed by atoms with Crippen LogP contribution in [0.4, 0.5) is 0 Å². The van der Waals surface area contributed by atoms with Crippen molar-refractivity contribution in [2.75, 3.05) is 13.1 Å². The van der Waals surface area contributed by atoms with E-state index in [-0.39, 0.29) is 16.2 Å². The average molecular weight is 296 g/mol. The van der Waals surface area contributed by atoms with Crippen LogP contribution in [0.2, 0.25) is 0 Å². The Morgan fingerprint density at radius 2 is 2.15 bits per heavy atom. The molecule has 0 amide bonds. The molecular weight excluding hydrogens is 272 g/mol. The topological polar surface area (TPSA) is 59.0 Å². The highest BCUT2D eigenvalue weighted by molar-refractivity contribution is 7.84. The fraction of sp³-hybridized carbons (Fsp3) is 0.786. The lowest BCUT2D eigenvalue weighted by atomic mass is 9.74. The summed E-state index contributed by atoms with van der Waals surface area (Å²) in [6.07, 6.45) is 4.06. The largest absolute Gasteiger partial charge is 0.317 e. The predicted octanol–water partition coefficient (Wildman–Crippen LogP) is 1.36. The average Bonchev–Trinajstić information content (AvgIpc) is 2.91. The second-order valence-corrected chi connectivity index (χ2v) is 8.96. The SMILES string of the molecule is CC(C)(C)S(=O)N[C@@H]1c2ccnn2CC12CCNCC2. The first-order chi connectivity index (χ1) is 9.42. The first kappa shape index (κ1) is 14.2. The van der Waals surface area contributed by atoms with Crippen molar-refractivity contribution < 1.29 is 4.21 Å². The maximum Gasteiger partial charge on any atom is 0.0976 e. The van der Waals surface area contributed by atoms with Gasteiger partial charge in [0.25, 0.3) is 0 Å². The van der Waals surface area contributed by atoms with E-state index in [1.807, 2.05) is 27.0 Å². The minimum atomic E-state index is -1.06. The van der Waals surface area contributed by atoms with Gasteiger partial charge in [0.1, 0.15) is 0 Å². The number of aromatic nitrogens is 2. The number of nitrogens with zero attached hydrogens (tertiary/aromatic N) is 2. The number of hydrogen-bond acceptors (Lipinski definition) is 3. The molecule has 2 N–H and O–H groups in total. The van der Waals surface area contributed by atoms with E-state index in [1.54, 1.807) is 0 Å². The summed E-state index contributed by atoms with van der Waals surface area (Å²) in [6.45, 7) is 9.04. The van der Waals surface area contributed by atoms with Gasteiger partial charge < -0.3 is 5.32 Å². The molecule has 1 unspecified atom stereocenters. The molecule has 3 heterocycles. The van der Waals surface area contributed by atoms with Crippen molar-refractivity contribution in [1.82, 2.24) is 19.8 Å². The summed E-state index contributed by atoms with van der Waals surface area (Å²) in [7, 11) is -1.06. The molecule has 0 saturated carbocycles. The Labute approximate surface area is 123 Å². The summed E-state index contributed by atoms with van der Waals surface area (Å²) in [6, 6.07) is 2.21. The van der Waals surface area contributed by atoms with Crippen molar-refractivity contribution >= 4 is 11.0 Å². The lowest BCUT2D eigenvalue weighted by molar-refractivity contribution is 0.150. The molecule has 1 aromatic heterocycles. The van der Waals surface area contributed by atoms with Crippen LogP contribution in [-0.2, 0) is 17.5 Å². The number of piperidine rings is 1. The highest BCUT2D eigenvalue weighted by atomic mass is 32.2. The molecule has 2 aliphatic heterocycles. The molecular formula is C14H24N4OS. The van der Waals surface area contributed by atoms with E-state index in [0.29, 0.717) is 0 Å². The Morgan fingerprint density at radius 3 is 2.80 bits per heavy atom. The molecule has 5 nitrogen and oxygen atoms in total. The molecule has 2 atom stereocenters. The molecule has 1 spiro atoms. The molecule has 2 aliphatic rings. The first-order valence-electron chi connectivity index (χ1n) is 7.33. The van der Waals surface area contributed by atoms with Crippen LogP contribution >= 0.6 is 0 Å². The quantitative estimate of drug-likeness (QED) is 0.866. The number of nitrogens with one attached hydrogen (secondary N) is 2. The fourth-order valence-corrected chi connectivity index (χ4v) is 4.20. The second kappa shape index (κ2) is 4.93. The Kier molecular flexibility index (Phi) is 3.51. The van der Waals surface area contributed by atoms with Crippen molar-refractivity contribution in [3.8, 4) is 0 Å². The smallest absolute Gasteiger partial charge is 0.0976 e. The van der Waals surface area contributed by atoms with Crippen molar-refractivity contribution in [2.24, 2.45) is 5.41 Å². The molecule has 1 saturated heterocycles. The van der Waals surface area contributed by atoms with Crippen molar-refractivity contribution in [2.45, 2.75) is 50.9 Å². The molecule has 112 valence electrons. The molecule has 0 aromatic carbocycles. The maximum absolute atomic E-state index is 12.5. The Morgan fingerprint density at radius 1 is 1.45 bits per heavy atom. The van der Waals surface area contributed by atoms with Gasteiger partial charge in [0.05, 0.1) is 27.5 Å². The fourth-order valence-electron chi connectivity index (χ4n) is 3.26. The van der Waals surface area contributed by atoms with Gasteiger partial charge in [0.15, 0.2) is 0 Å². The molecule has 0 radical (unpaired) electrons. The van der Waals surface area contributed by atoms with Gasteiger partial charge in [-0.15, -0.1) is 0 Å². The minimum Gasteiger partial charge on any atom is -0.317 e. The van der Waals surface area contributed by atoms with Gasteiger partial charge in [-0.2, -0.15) is 5.10 Å². The van der Waals surface area contributed by atoms with Crippen LogP contribution in [-0.4, -0.2) is 31.8 Å². The number of fused-ring (bicyclic) bond motifs is 1. The molecule has 0 aliphatic carbocycles. The Bertz CT molecular complexity index is 513. The third-order valence-electron chi connectivity index (χ3n) is 4.50. The Balaban J connectivity index is 1.89. The van der Waals surface area contributed by atoms with E-state index in [0.717, 1.165) is 32.5 Å². The summed E-state index contributed by atoms with van der Waals surface area (Å²) >= 11 is 0. The third-order valence-corrected chi connectivity index (χ3v) is 6.06. The van der Waals surface area contributed by atoms with E-state index in [2.05, 4.69) is 25.9 Å². The van der Waals surface area contributed by atoms with Gasteiger partial charge in [-0.1, -0.05) is 0 Å². The second-order valence-electron chi connectivity index (χ2n) is 6.96. The van der Waals surface area contributed by atoms with Gasteiger partial charge in [0.2, 0.25) is 0 Å². The van der Waals surface area contributed by atoms with Crippen LogP contribution in [0.5, 0.6) is 0 Å². The summed E-state index contributed by atoms with van der Waals surface area (Å²) in [4.78, 5) is 0. The third kappa shape index (κ3) is 2.34. The van der Waals surface area contributed by atoms with E-state index in [4.69, 9.17) is 0 Å². The molecule has 1 aromatic rings. The monoisotopic (exact) mass is 296 g/mol. The van der Waals surface area contributed by atoms with Gasteiger partial charge >= 0.3 is 0 Å². The van der Waals surface area contributed by atoms with Gasteiger partial charge in [-0.05, 0) is 52.8 Å². The van der Waals surface area contributed by atoms with E-state index in [9.17, 15) is 4.21 Å². The van der Waals surface area contributed by atoms with Crippen LogP contribution in [0.15, 0.2) is 12.3 Å². The normalized spacial score (nSPS) is 26.6. The first-order valence-corrected chi connectivity index (χ1v) is 8.48. The Hall–Kier alpha value is -0.720. The standard InChI is InChI=1S/C14H24N4OS/c1-13(2,3)20(19)17-12-11-4-7-16-18(11)10-14(12)5-8-15-9-6-14/h4,7,12,15,17H,5-6,8-10H2,1-3H3/t12-,20?/m1/s1. The number of hydrogen-bond donors (Lipinski definition) is 2. The van der Waals surface area contributed by atoms with Crippen molar-refractivity contribution in [1.29, 1.82) is 0 Å². The summed E-state index contributed by atoms with van der Waals surface area (Å²) in [5.41, 5.74) is 1.35. The molecule has 0 bridgehead atoms. The molecule has 6 heteroatoms. The zero-order chi connectivity index (χ0) is 14.4. The molecule has 3 rings (SSSR count). The highest BCUT2D eigenvalue weighted by Gasteiger charge is 2.48. The van der Waals surface area contributed by atoms with Crippen LogP contribution < -0.4 is 10.0 Å². The van der Waals surface area contributed by atoms with Crippen molar-refractivity contribution in [3.05, 3.63) is 18.0 Å². The van der Waals surface area contributed by atoms with E-state index < -0.39 is 11.0 Å². The van der Waals surface area contributed by atoms with Crippen molar-refractivity contribution in [3.63, 3.8) is 0 Å². The highest BCUT2D eigenvalue weighted by Crippen LogP contribution is 2.48. The summed E-state index contributed by atoms with van der Waals surface area (Å²) in [5, 5.41) is 7.85. The lowest BCUT2D eigenvalue weighted by Crippen LogP contribution is -2.46. The van der Waals surface area contributed by atoms with Crippen LogP contribution in [0.25, 0.3) is 0 Å². The summed E-state index contributed by atoms with van der Waals surface area (Å²) < 4.78 is 17.8. The molecule has 1 fully saturated rings. The van der Waals surface area contributed by atoms with E-state index in [1.165, 1.54) is 5.69 Å². The van der Waals surface area contributed by atoms with Gasteiger partial charge in [-0.3, -0.25) is 4.68 Å². The summed E-state index contributed by atoms with van der Waals surface area (Å²) in [5.74, 6) is 0.